The Bertz CT molecular complexity index is 475. The molecule has 0 bridgehead atoms. The van der Waals surface area contributed by atoms with Crippen LogP contribution in [-0.2, 0) is 16.1 Å². The molecule has 0 aromatic heterocycles. The summed E-state index contributed by atoms with van der Waals surface area (Å²) in [6.45, 7) is 1.48. The van der Waals surface area contributed by atoms with Crippen LogP contribution in [0.4, 0.5) is 0 Å². The Hall–Kier alpha value is -1.41. The Morgan fingerprint density at radius 3 is 2.74 bits per heavy atom. The summed E-state index contributed by atoms with van der Waals surface area (Å²) in [7, 11) is 0. The summed E-state index contributed by atoms with van der Waals surface area (Å²) in [4.78, 5) is 11.3. The minimum atomic E-state index is 0.450. The molecular formula is C17H20O2. The van der Waals surface area contributed by atoms with Crippen LogP contribution in [0.25, 0.3) is 0 Å². The maximum absolute atomic E-state index is 11.3. The van der Waals surface area contributed by atoms with Crippen molar-refractivity contribution in [3.05, 3.63) is 47.5 Å². The molecular weight excluding hydrogens is 236 g/mol. The normalized spacial score (nSPS) is 25.5. The van der Waals surface area contributed by atoms with Crippen molar-refractivity contribution >= 4 is 5.78 Å². The van der Waals surface area contributed by atoms with E-state index in [-0.39, 0.29) is 0 Å². The number of rotatable bonds is 5. The number of hydrogen-bond donors (Lipinski definition) is 0. The van der Waals surface area contributed by atoms with Crippen molar-refractivity contribution in [3.63, 3.8) is 0 Å². The summed E-state index contributed by atoms with van der Waals surface area (Å²) in [5.41, 5.74) is 2.72. The van der Waals surface area contributed by atoms with Crippen LogP contribution in [0.2, 0.25) is 0 Å². The molecule has 19 heavy (non-hydrogen) atoms. The van der Waals surface area contributed by atoms with Gasteiger partial charge in [-0.05, 0) is 30.2 Å². The van der Waals surface area contributed by atoms with Gasteiger partial charge in [-0.15, -0.1) is 0 Å². The quantitative estimate of drug-likeness (QED) is 0.595. The Kier molecular flexibility index (Phi) is 3.79. The Labute approximate surface area is 114 Å². The molecule has 0 saturated heterocycles. The van der Waals surface area contributed by atoms with Crippen LogP contribution in [0.3, 0.4) is 0 Å². The maximum Gasteiger partial charge on any atom is 0.133 e. The van der Waals surface area contributed by atoms with Crippen LogP contribution >= 0.6 is 0 Å². The first-order chi connectivity index (χ1) is 9.31. The van der Waals surface area contributed by atoms with Crippen LogP contribution in [0.1, 0.15) is 31.2 Å². The number of fused-ring (bicyclic) bond motifs is 1. The first-order valence-electron chi connectivity index (χ1n) is 7.14. The Morgan fingerprint density at radius 2 is 1.95 bits per heavy atom. The van der Waals surface area contributed by atoms with E-state index in [1.165, 1.54) is 11.1 Å². The molecule has 2 aliphatic carbocycles. The van der Waals surface area contributed by atoms with Gasteiger partial charge in [-0.25, -0.2) is 0 Å². The molecule has 1 fully saturated rings. The molecule has 1 saturated carbocycles. The van der Waals surface area contributed by atoms with Gasteiger partial charge in [0.1, 0.15) is 5.78 Å². The molecule has 2 heteroatoms. The van der Waals surface area contributed by atoms with Crippen LogP contribution < -0.4 is 0 Å². The second kappa shape index (κ2) is 5.70. The van der Waals surface area contributed by atoms with Crippen LogP contribution in [-0.4, -0.2) is 12.4 Å². The highest BCUT2D eigenvalue weighted by atomic mass is 16.5. The molecule has 0 unspecified atom stereocenters. The van der Waals surface area contributed by atoms with E-state index in [0.717, 1.165) is 32.3 Å². The zero-order valence-corrected chi connectivity index (χ0v) is 11.2. The predicted molar refractivity (Wildman–Crippen MR) is 74.6 cm³/mol. The highest BCUT2D eigenvalue weighted by Gasteiger charge is 2.35. The first-order valence-corrected chi connectivity index (χ1v) is 7.14. The van der Waals surface area contributed by atoms with Crippen LogP contribution in [0.15, 0.2) is 42.0 Å². The molecule has 1 aromatic carbocycles. The number of ketones is 1. The predicted octanol–water partition coefficient (Wildman–Crippen LogP) is 3.52. The van der Waals surface area contributed by atoms with Gasteiger partial charge >= 0.3 is 0 Å². The lowest BCUT2D eigenvalue weighted by atomic mass is 9.99. The van der Waals surface area contributed by atoms with Gasteiger partial charge in [0, 0.05) is 12.8 Å². The molecule has 2 nitrogen and oxygen atoms in total. The van der Waals surface area contributed by atoms with Crippen molar-refractivity contribution in [2.75, 3.05) is 6.61 Å². The van der Waals surface area contributed by atoms with Crippen LogP contribution in [0.5, 0.6) is 0 Å². The number of carbonyl (C=O) groups is 1. The fourth-order valence-corrected chi connectivity index (χ4v) is 3.24. The lowest BCUT2D eigenvalue weighted by molar-refractivity contribution is -0.117. The van der Waals surface area contributed by atoms with Crippen molar-refractivity contribution in [2.24, 2.45) is 11.8 Å². The minimum Gasteiger partial charge on any atom is -0.376 e. The summed E-state index contributed by atoms with van der Waals surface area (Å²) in [6, 6.07) is 10.3. The third-order valence-corrected chi connectivity index (χ3v) is 4.21. The number of carbonyl (C=O) groups excluding carboxylic acids is 1. The van der Waals surface area contributed by atoms with E-state index in [9.17, 15) is 4.79 Å². The molecule has 0 amide bonds. The Balaban J connectivity index is 1.40. The third-order valence-electron chi connectivity index (χ3n) is 4.21. The number of allylic oxidation sites excluding steroid dienone is 1. The lowest BCUT2D eigenvalue weighted by Crippen LogP contribution is -1.99. The van der Waals surface area contributed by atoms with E-state index in [1.54, 1.807) is 0 Å². The summed E-state index contributed by atoms with van der Waals surface area (Å²) < 4.78 is 5.72. The summed E-state index contributed by atoms with van der Waals surface area (Å²) in [5, 5.41) is 0. The number of benzene rings is 1. The van der Waals surface area contributed by atoms with Crippen molar-refractivity contribution in [3.8, 4) is 0 Å². The second-order valence-electron chi connectivity index (χ2n) is 5.69. The number of hydrogen-bond acceptors (Lipinski definition) is 2. The van der Waals surface area contributed by atoms with Crippen molar-refractivity contribution in [2.45, 2.75) is 32.3 Å². The molecule has 2 aliphatic rings. The number of Topliss-reactive ketones (excluding diaryl/α,β-unsaturated/α-hetero) is 1. The largest absolute Gasteiger partial charge is 0.376 e. The summed E-state index contributed by atoms with van der Waals surface area (Å²) >= 11 is 0. The van der Waals surface area contributed by atoms with E-state index in [2.05, 4.69) is 18.2 Å². The SMILES string of the molecule is O=C1C[C@H]2CC(CCOCc3ccccc3)=C[C@H]2C1. The monoisotopic (exact) mass is 256 g/mol. The zero-order valence-electron chi connectivity index (χ0n) is 11.2. The van der Waals surface area contributed by atoms with Gasteiger partial charge in [0.25, 0.3) is 0 Å². The smallest absolute Gasteiger partial charge is 0.133 e. The molecule has 3 rings (SSSR count). The maximum atomic E-state index is 11.3. The van der Waals surface area contributed by atoms with Gasteiger partial charge in [-0.3, -0.25) is 4.79 Å². The molecule has 0 spiro atoms. The first kappa shape index (κ1) is 12.6. The van der Waals surface area contributed by atoms with Crippen molar-refractivity contribution in [1.82, 2.24) is 0 Å². The van der Waals surface area contributed by atoms with Gasteiger partial charge in [0.05, 0.1) is 13.2 Å². The van der Waals surface area contributed by atoms with E-state index in [4.69, 9.17) is 4.74 Å². The molecule has 0 N–H and O–H groups in total. The van der Waals surface area contributed by atoms with E-state index in [0.29, 0.717) is 24.2 Å². The molecule has 1 aromatic rings. The lowest BCUT2D eigenvalue weighted by Gasteiger charge is -2.07. The number of ether oxygens (including phenoxy) is 1. The van der Waals surface area contributed by atoms with Crippen LogP contribution in [0, 0.1) is 11.8 Å². The molecule has 0 heterocycles. The zero-order chi connectivity index (χ0) is 13.1. The van der Waals surface area contributed by atoms with E-state index >= 15 is 0 Å². The average Bonchev–Trinajstić information content (AvgIpc) is 2.93. The molecule has 0 radical (unpaired) electrons. The second-order valence-corrected chi connectivity index (χ2v) is 5.69. The minimum absolute atomic E-state index is 0.450. The van der Waals surface area contributed by atoms with Gasteiger partial charge in [0.15, 0.2) is 0 Å². The van der Waals surface area contributed by atoms with Gasteiger partial charge in [-0.2, -0.15) is 0 Å². The fourth-order valence-electron chi connectivity index (χ4n) is 3.24. The van der Waals surface area contributed by atoms with E-state index in [1.807, 2.05) is 18.2 Å². The molecule has 0 aliphatic heterocycles. The molecule has 2 atom stereocenters. The highest BCUT2D eigenvalue weighted by Crippen LogP contribution is 2.41. The molecule has 100 valence electrons. The Morgan fingerprint density at radius 1 is 1.11 bits per heavy atom. The standard InChI is InChI=1S/C17H20O2/c18-17-10-15-8-14(9-16(15)11-17)6-7-19-12-13-4-2-1-3-5-13/h1-5,8,15-16H,6-7,9-12H2/t15-,16+/m0/s1. The summed E-state index contributed by atoms with van der Waals surface area (Å²) in [6.07, 6.45) is 6.05. The highest BCUT2D eigenvalue weighted by molar-refractivity contribution is 5.82. The van der Waals surface area contributed by atoms with E-state index < -0.39 is 0 Å². The topological polar surface area (TPSA) is 26.3 Å². The van der Waals surface area contributed by atoms with Gasteiger partial charge in [-0.1, -0.05) is 42.0 Å². The van der Waals surface area contributed by atoms with Crippen molar-refractivity contribution in [1.29, 1.82) is 0 Å². The van der Waals surface area contributed by atoms with Gasteiger partial charge < -0.3 is 4.74 Å². The average molecular weight is 256 g/mol. The fraction of sp³-hybridized carbons (Fsp3) is 0.471. The van der Waals surface area contributed by atoms with Crippen molar-refractivity contribution < 1.29 is 9.53 Å². The summed E-state index contributed by atoms with van der Waals surface area (Å²) in [5.74, 6) is 1.60. The third kappa shape index (κ3) is 3.13. The van der Waals surface area contributed by atoms with Gasteiger partial charge in [0.2, 0.25) is 0 Å².